The van der Waals surface area contributed by atoms with Crippen molar-refractivity contribution in [1.82, 2.24) is 29.6 Å². The second-order valence-corrected chi connectivity index (χ2v) is 11.3. The molecular formula is C22H28ClFN6O4S. The number of benzene rings is 1. The summed E-state index contributed by atoms with van der Waals surface area (Å²) < 4.78 is 41.4. The maximum absolute atomic E-state index is 14.5. The lowest BCUT2D eigenvalue weighted by Crippen LogP contribution is -2.45. The number of likely N-dealkylation sites (N-methyl/N-ethyl adjacent to an activating group) is 1. The van der Waals surface area contributed by atoms with Crippen molar-refractivity contribution in [2.24, 2.45) is 13.0 Å². The fourth-order valence-corrected chi connectivity index (χ4v) is 6.14. The minimum atomic E-state index is -3.86. The Balaban J connectivity index is 1.33. The van der Waals surface area contributed by atoms with Crippen LogP contribution in [0.15, 0.2) is 24.7 Å². The summed E-state index contributed by atoms with van der Waals surface area (Å²) in [6, 6.07) is 2.76. The molecule has 1 saturated carbocycles. The van der Waals surface area contributed by atoms with Crippen molar-refractivity contribution in [3.63, 3.8) is 0 Å². The molecule has 1 aliphatic heterocycles. The summed E-state index contributed by atoms with van der Waals surface area (Å²) in [6.07, 6.45) is 6.01. The molecule has 3 amide bonds. The van der Waals surface area contributed by atoms with Gasteiger partial charge in [0.15, 0.2) is 5.82 Å². The molecule has 0 spiro atoms. The van der Waals surface area contributed by atoms with Gasteiger partial charge < -0.3 is 14.4 Å². The van der Waals surface area contributed by atoms with Crippen LogP contribution in [0.2, 0.25) is 5.02 Å². The summed E-state index contributed by atoms with van der Waals surface area (Å²) in [5.74, 6) is -2.20. The molecule has 2 aliphatic rings. The Morgan fingerprint density at radius 1 is 1.20 bits per heavy atom. The number of urea groups is 1. The van der Waals surface area contributed by atoms with E-state index in [0.29, 0.717) is 37.2 Å². The van der Waals surface area contributed by atoms with Crippen molar-refractivity contribution in [2.75, 3.05) is 25.9 Å². The quantitative estimate of drug-likeness (QED) is 0.537. The largest absolute Gasteiger partial charge is 0.340 e. The van der Waals surface area contributed by atoms with Crippen LogP contribution in [0.4, 0.5) is 9.18 Å². The van der Waals surface area contributed by atoms with Gasteiger partial charge in [-0.3, -0.25) is 10.2 Å². The average molecular weight is 527 g/mol. The maximum Gasteiger partial charge on any atom is 0.320 e. The van der Waals surface area contributed by atoms with E-state index in [2.05, 4.69) is 15.2 Å². The molecule has 190 valence electrons. The summed E-state index contributed by atoms with van der Waals surface area (Å²) >= 11 is 5.96. The predicted octanol–water partition coefficient (Wildman–Crippen LogP) is 2.37. The molecule has 0 atom stereocenters. The third-order valence-electron chi connectivity index (χ3n) is 6.55. The van der Waals surface area contributed by atoms with Crippen LogP contribution in [-0.2, 0) is 17.1 Å². The van der Waals surface area contributed by atoms with Crippen molar-refractivity contribution in [3.05, 3.63) is 41.1 Å². The normalized spacial score (nSPS) is 21.0. The van der Waals surface area contributed by atoms with Crippen LogP contribution in [0.25, 0.3) is 11.3 Å². The summed E-state index contributed by atoms with van der Waals surface area (Å²) in [5.41, 5.74) is 2.59. The second-order valence-electron chi connectivity index (χ2n) is 9.15. The Morgan fingerprint density at radius 2 is 1.91 bits per heavy atom. The number of sulfonamides is 1. The van der Waals surface area contributed by atoms with Crippen LogP contribution in [-0.4, -0.2) is 71.6 Å². The molecule has 1 aromatic carbocycles. The number of imidazole rings is 1. The Kier molecular flexibility index (Phi) is 7.34. The summed E-state index contributed by atoms with van der Waals surface area (Å²) in [4.78, 5) is 34.6. The standard InChI is InChI=1S/C22H28ClFN6O4S/c1-28-11-19(25-13-28)15-9-17(20(24)18(23)10-15)21(31)26-27-35(33,34)12-14-3-5-16(6-4-14)30-8-7-29(2)22(30)32/h9-11,13-14,16,27H,3-8,12H2,1-2H3,(H,26,31)/t14-,16-. The number of hydrogen-bond donors (Lipinski definition) is 2. The smallest absolute Gasteiger partial charge is 0.320 e. The van der Waals surface area contributed by atoms with Gasteiger partial charge in [-0.2, -0.15) is 0 Å². The van der Waals surface area contributed by atoms with E-state index in [1.807, 2.05) is 4.90 Å². The van der Waals surface area contributed by atoms with Gasteiger partial charge in [-0.05, 0) is 43.7 Å². The number of hydrogen-bond acceptors (Lipinski definition) is 5. The molecule has 2 N–H and O–H groups in total. The van der Waals surface area contributed by atoms with Gasteiger partial charge in [-0.25, -0.2) is 22.6 Å². The van der Waals surface area contributed by atoms with E-state index in [4.69, 9.17) is 11.6 Å². The van der Waals surface area contributed by atoms with E-state index in [-0.39, 0.29) is 28.8 Å². The Labute approximate surface area is 208 Å². The first-order chi connectivity index (χ1) is 16.5. The number of aromatic nitrogens is 2. The number of rotatable bonds is 7. The van der Waals surface area contributed by atoms with Crippen LogP contribution in [0.3, 0.4) is 0 Å². The highest BCUT2D eigenvalue weighted by molar-refractivity contribution is 7.89. The predicted molar refractivity (Wildman–Crippen MR) is 128 cm³/mol. The molecule has 2 heterocycles. The minimum absolute atomic E-state index is 0.0184. The van der Waals surface area contributed by atoms with Crippen LogP contribution >= 0.6 is 11.6 Å². The highest BCUT2D eigenvalue weighted by Gasteiger charge is 2.35. The van der Waals surface area contributed by atoms with Gasteiger partial charge in [0.1, 0.15) is 0 Å². The number of halogens is 2. The first kappa shape index (κ1) is 25.4. The fourth-order valence-electron chi connectivity index (χ4n) is 4.64. The van der Waals surface area contributed by atoms with E-state index >= 15 is 0 Å². The van der Waals surface area contributed by atoms with E-state index in [1.165, 1.54) is 12.1 Å². The zero-order chi connectivity index (χ0) is 25.3. The van der Waals surface area contributed by atoms with E-state index in [9.17, 15) is 22.4 Å². The zero-order valence-corrected chi connectivity index (χ0v) is 21.1. The third-order valence-corrected chi connectivity index (χ3v) is 8.15. The van der Waals surface area contributed by atoms with Crippen molar-refractivity contribution < 1.29 is 22.4 Å². The topological polar surface area (TPSA) is 117 Å². The number of nitrogens with zero attached hydrogens (tertiary/aromatic N) is 4. The SMILES string of the molecule is CN1CCN([C@H]2CC[C@H](CS(=O)(=O)NNC(=O)c3cc(-c4cn(C)cn4)cc(Cl)c3F)CC2)C1=O. The highest BCUT2D eigenvalue weighted by Crippen LogP contribution is 2.30. The monoisotopic (exact) mass is 526 g/mol. The molecule has 1 aliphatic carbocycles. The van der Waals surface area contributed by atoms with Crippen molar-refractivity contribution in [3.8, 4) is 11.3 Å². The van der Waals surface area contributed by atoms with Crippen LogP contribution in [0.5, 0.6) is 0 Å². The molecular weight excluding hydrogens is 499 g/mol. The fraction of sp³-hybridized carbons (Fsp3) is 0.500. The lowest BCUT2D eigenvalue weighted by molar-refractivity contribution is 0.0941. The number of carbonyl (C=O) groups excluding carboxylic acids is 2. The van der Waals surface area contributed by atoms with Crippen LogP contribution < -0.4 is 10.3 Å². The molecule has 0 radical (unpaired) electrons. The van der Waals surface area contributed by atoms with Crippen LogP contribution in [0, 0.1) is 11.7 Å². The van der Waals surface area contributed by atoms with Crippen LogP contribution in [0.1, 0.15) is 36.0 Å². The average Bonchev–Trinajstić information content (AvgIpc) is 3.39. The van der Waals surface area contributed by atoms with E-state index in [0.717, 1.165) is 12.8 Å². The van der Waals surface area contributed by atoms with Gasteiger partial charge in [0.2, 0.25) is 10.0 Å². The van der Waals surface area contributed by atoms with Gasteiger partial charge in [-0.1, -0.05) is 11.6 Å². The lowest BCUT2D eigenvalue weighted by Gasteiger charge is -2.34. The van der Waals surface area contributed by atoms with Gasteiger partial charge in [-0.15, -0.1) is 4.83 Å². The summed E-state index contributed by atoms with van der Waals surface area (Å²) in [6.45, 7) is 1.39. The Bertz CT molecular complexity index is 1230. The molecule has 1 saturated heterocycles. The number of nitrogens with one attached hydrogen (secondary N) is 2. The summed E-state index contributed by atoms with van der Waals surface area (Å²) in [7, 11) is -0.326. The van der Waals surface area contributed by atoms with Crippen molar-refractivity contribution >= 4 is 33.6 Å². The second kappa shape index (κ2) is 10.1. The Morgan fingerprint density at radius 3 is 2.51 bits per heavy atom. The zero-order valence-electron chi connectivity index (χ0n) is 19.5. The number of amides is 3. The Hall–Kier alpha value is -2.70. The maximum atomic E-state index is 14.5. The first-order valence-corrected chi connectivity index (χ1v) is 13.4. The van der Waals surface area contributed by atoms with Crippen molar-refractivity contribution in [2.45, 2.75) is 31.7 Å². The molecule has 1 aromatic heterocycles. The minimum Gasteiger partial charge on any atom is -0.340 e. The number of aryl methyl sites for hydroxylation is 1. The third kappa shape index (κ3) is 5.76. The van der Waals surface area contributed by atoms with Gasteiger partial charge >= 0.3 is 6.03 Å². The molecule has 2 fully saturated rings. The van der Waals surface area contributed by atoms with Gasteiger partial charge in [0.05, 0.1) is 28.4 Å². The molecule has 35 heavy (non-hydrogen) atoms. The van der Waals surface area contributed by atoms with Crippen molar-refractivity contribution in [1.29, 1.82) is 0 Å². The molecule has 0 bridgehead atoms. The molecule has 4 rings (SSSR count). The lowest BCUT2D eigenvalue weighted by atomic mass is 9.86. The van der Waals surface area contributed by atoms with E-state index < -0.39 is 27.3 Å². The van der Waals surface area contributed by atoms with Gasteiger partial charge in [0, 0.05) is 45.0 Å². The number of hydrazine groups is 1. The number of carbonyl (C=O) groups is 2. The molecule has 13 heteroatoms. The molecule has 10 nitrogen and oxygen atoms in total. The van der Waals surface area contributed by atoms with Gasteiger partial charge in [0.25, 0.3) is 5.91 Å². The summed E-state index contributed by atoms with van der Waals surface area (Å²) in [5, 5.41) is -0.277. The molecule has 2 aromatic rings. The molecule has 0 unspecified atom stereocenters. The first-order valence-electron chi connectivity index (χ1n) is 11.3. The van der Waals surface area contributed by atoms with E-state index in [1.54, 1.807) is 36.1 Å². The highest BCUT2D eigenvalue weighted by atomic mass is 35.5.